The van der Waals surface area contributed by atoms with Gasteiger partial charge in [-0.15, -0.1) is 11.8 Å². The Morgan fingerprint density at radius 3 is 2.92 bits per heavy atom. The summed E-state index contributed by atoms with van der Waals surface area (Å²) in [6, 6.07) is 0. The SMILES string of the molecule is COC(=O)c1cncc(SC)n1. The molecule has 0 fully saturated rings. The Hall–Kier alpha value is -1.10. The fourth-order valence-corrected chi connectivity index (χ4v) is 1.01. The van der Waals surface area contributed by atoms with Crippen LogP contribution in [-0.2, 0) is 4.74 Å². The van der Waals surface area contributed by atoms with Crippen molar-refractivity contribution in [1.29, 1.82) is 0 Å². The summed E-state index contributed by atoms with van der Waals surface area (Å²) in [4.78, 5) is 18.8. The average Bonchev–Trinajstić information content (AvgIpc) is 2.17. The highest BCUT2D eigenvalue weighted by Crippen LogP contribution is 2.09. The third-order valence-corrected chi connectivity index (χ3v) is 1.83. The Kier molecular flexibility index (Phi) is 3.04. The molecule has 1 heterocycles. The van der Waals surface area contributed by atoms with Crippen LogP contribution < -0.4 is 0 Å². The van der Waals surface area contributed by atoms with E-state index in [-0.39, 0.29) is 5.69 Å². The van der Waals surface area contributed by atoms with Gasteiger partial charge in [-0.25, -0.2) is 9.78 Å². The van der Waals surface area contributed by atoms with E-state index in [1.807, 2.05) is 6.26 Å². The molecule has 0 aliphatic heterocycles. The quantitative estimate of drug-likeness (QED) is 0.506. The molecule has 0 saturated carbocycles. The van der Waals surface area contributed by atoms with Gasteiger partial charge in [0.25, 0.3) is 0 Å². The molecule has 0 radical (unpaired) electrons. The smallest absolute Gasteiger partial charge is 0.358 e. The molecule has 5 heteroatoms. The second kappa shape index (κ2) is 4.06. The van der Waals surface area contributed by atoms with Crippen molar-refractivity contribution in [3.8, 4) is 0 Å². The number of esters is 1. The second-order valence-corrected chi connectivity index (χ2v) is 2.76. The van der Waals surface area contributed by atoms with Gasteiger partial charge in [0.1, 0.15) is 5.03 Å². The van der Waals surface area contributed by atoms with Crippen molar-refractivity contribution in [2.24, 2.45) is 0 Å². The molecule has 1 aromatic heterocycles. The van der Waals surface area contributed by atoms with Crippen molar-refractivity contribution in [1.82, 2.24) is 9.97 Å². The first-order chi connectivity index (χ1) is 5.77. The van der Waals surface area contributed by atoms with Crippen LogP contribution in [0.15, 0.2) is 17.4 Å². The lowest BCUT2D eigenvalue weighted by atomic mass is 10.5. The minimum Gasteiger partial charge on any atom is -0.464 e. The van der Waals surface area contributed by atoms with Crippen LogP contribution in [0.25, 0.3) is 0 Å². The van der Waals surface area contributed by atoms with Gasteiger partial charge in [0.05, 0.1) is 19.5 Å². The highest BCUT2D eigenvalue weighted by Gasteiger charge is 2.07. The zero-order chi connectivity index (χ0) is 8.97. The standard InChI is InChI=1S/C7H8N2O2S/c1-11-7(10)5-3-8-4-6(9-5)12-2/h3-4H,1-2H3. The molecule has 0 saturated heterocycles. The van der Waals surface area contributed by atoms with Crippen LogP contribution in [0, 0.1) is 0 Å². The van der Waals surface area contributed by atoms with Gasteiger partial charge in [-0.3, -0.25) is 4.98 Å². The number of carbonyl (C=O) groups is 1. The maximum absolute atomic E-state index is 10.9. The number of thioether (sulfide) groups is 1. The van der Waals surface area contributed by atoms with E-state index >= 15 is 0 Å². The number of carbonyl (C=O) groups excluding carboxylic acids is 1. The van der Waals surface area contributed by atoms with E-state index in [0.29, 0.717) is 5.03 Å². The van der Waals surface area contributed by atoms with Gasteiger partial charge < -0.3 is 4.74 Å². The largest absolute Gasteiger partial charge is 0.464 e. The predicted molar refractivity (Wildman–Crippen MR) is 45.2 cm³/mol. The Labute approximate surface area is 74.4 Å². The molecule has 4 nitrogen and oxygen atoms in total. The maximum atomic E-state index is 10.9. The van der Waals surface area contributed by atoms with Gasteiger partial charge in [0.15, 0.2) is 5.69 Å². The van der Waals surface area contributed by atoms with Gasteiger partial charge >= 0.3 is 5.97 Å². The number of hydrogen-bond acceptors (Lipinski definition) is 5. The lowest BCUT2D eigenvalue weighted by molar-refractivity contribution is 0.0592. The molecular formula is C7H8N2O2S. The summed E-state index contributed by atoms with van der Waals surface area (Å²) < 4.78 is 4.49. The molecule has 0 unspecified atom stereocenters. The molecule has 0 bridgehead atoms. The summed E-state index contributed by atoms with van der Waals surface area (Å²) >= 11 is 1.43. The highest BCUT2D eigenvalue weighted by molar-refractivity contribution is 7.98. The lowest BCUT2D eigenvalue weighted by Crippen LogP contribution is -2.05. The summed E-state index contributed by atoms with van der Waals surface area (Å²) in [6.07, 6.45) is 4.84. The van der Waals surface area contributed by atoms with Gasteiger partial charge in [-0.2, -0.15) is 0 Å². The van der Waals surface area contributed by atoms with Crippen LogP contribution in [0.3, 0.4) is 0 Å². The molecule has 0 aromatic carbocycles. The molecule has 0 spiro atoms. The lowest BCUT2D eigenvalue weighted by Gasteiger charge is -1.98. The van der Waals surface area contributed by atoms with Crippen molar-refractivity contribution in [2.45, 2.75) is 5.03 Å². The fraction of sp³-hybridized carbons (Fsp3) is 0.286. The summed E-state index contributed by atoms with van der Waals surface area (Å²) in [5.41, 5.74) is 0.240. The van der Waals surface area contributed by atoms with Gasteiger partial charge in [0.2, 0.25) is 0 Å². The Bertz CT molecular complexity index is 290. The molecule has 1 aromatic rings. The molecule has 0 aliphatic rings. The van der Waals surface area contributed by atoms with E-state index in [1.165, 1.54) is 25.1 Å². The second-order valence-electron chi connectivity index (χ2n) is 1.94. The van der Waals surface area contributed by atoms with Crippen LogP contribution in [0.2, 0.25) is 0 Å². The first kappa shape index (κ1) is 8.99. The first-order valence-electron chi connectivity index (χ1n) is 3.22. The Morgan fingerprint density at radius 1 is 1.58 bits per heavy atom. The van der Waals surface area contributed by atoms with Crippen molar-refractivity contribution in [3.05, 3.63) is 18.1 Å². The first-order valence-corrected chi connectivity index (χ1v) is 4.44. The van der Waals surface area contributed by atoms with Gasteiger partial charge in [-0.05, 0) is 6.26 Å². The van der Waals surface area contributed by atoms with Crippen molar-refractivity contribution in [3.63, 3.8) is 0 Å². The van der Waals surface area contributed by atoms with E-state index in [1.54, 1.807) is 6.20 Å². The third kappa shape index (κ3) is 1.94. The fourth-order valence-electron chi connectivity index (χ4n) is 0.649. The Morgan fingerprint density at radius 2 is 2.33 bits per heavy atom. The molecular weight excluding hydrogens is 176 g/mol. The number of aromatic nitrogens is 2. The van der Waals surface area contributed by atoms with E-state index in [2.05, 4.69) is 14.7 Å². The van der Waals surface area contributed by atoms with Gasteiger partial charge in [0, 0.05) is 0 Å². The normalized spacial score (nSPS) is 9.50. The zero-order valence-corrected chi connectivity index (χ0v) is 7.59. The molecule has 0 amide bonds. The van der Waals surface area contributed by atoms with Gasteiger partial charge in [-0.1, -0.05) is 0 Å². The minimum absolute atomic E-state index is 0.240. The number of nitrogens with zero attached hydrogens (tertiary/aromatic N) is 2. The summed E-state index contributed by atoms with van der Waals surface area (Å²) in [5, 5.41) is 0.706. The predicted octanol–water partition coefficient (Wildman–Crippen LogP) is 0.985. The minimum atomic E-state index is -0.460. The van der Waals surface area contributed by atoms with E-state index in [4.69, 9.17) is 0 Å². The summed E-state index contributed by atoms with van der Waals surface area (Å²) in [5.74, 6) is -0.460. The maximum Gasteiger partial charge on any atom is 0.358 e. The summed E-state index contributed by atoms with van der Waals surface area (Å²) in [7, 11) is 1.32. The third-order valence-electron chi connectivity index (χ3n) is 1.22. The molecule has 12 heavy (non-hydrogen) atoms. The van der Waals surface area contributed by atoms with Crippen molar-refractivity contribution in [2.75, 3.05) is 13.4 Å². The van der Waals surface area contributed by atoms with Crippen LogP contribution in [0.4, 0.5) is 0 Å². The molecule has 1 rings (SSSR count). The topological polar surface area (TPSA) is 52.1 Å². The number of ether oxygens (including phenoxy) is 1. The van der Waals surface area contributed by atoms with Crippen LogP contribution >= 0.6 is 11.8 Å². The number of rotatable bonds is 2. The summed E-state index contributed by atoms with van der Waals surface area (Å²) in [6.45, 7) is 0. The van der Waals surface area contributed by atoms with Crippen molar-refractivity contribution >= 4 is 17.7 Å². The zero-order valence-electron chi connectivity index (χ0n) is 6.77. The molecule has 0 N–H and O–H groups in total. The Balaban J connectivity index is 2.93. The van der Waals surface area contributed by atoms with E-state index in [0.717, 1.165) is 0 Å². The van der Waals surface area contributed by atoms with Crippen molar-refractivity contribution < 1.29 is 9.53 Å². The number of hydrogen-bond donors (Lipinski definition) is 0. The molecule has 64 valence electrons. The van der Waals surface area contributed by atoms with Crippen LogP contribution in [0.1, 0.15) is 10.5 Å². The van der Waals surface area contributed by atoms with Crippen LogP contribution in [0.5, 0.6) is 0 Å². The van der Waals surface area contributed by atoms with E-state index < -0.39 is 5.97 Å². The average molecular weight is 184 g/mol. The highest BCUT2D eigenvalue weighted by atomic mass is 32.2. The monoisotopic (exact) mass is 184 g/mol. The number of methoxy groups -OCH3 is 1. The molecule has 0 aliphatic carbocycles. The molecule has 0 atom stereocenters. The van der Waals surface area contributed by atoms with Crippen LogP contribution in [-0.4, -0.2) is 29.3 Å². The van der Waals surface area contributed by atoms with E-state index in [9.17, 15) is 4.79 Å².